The largest absolute Gasteiger partial charge is 0.374 e. The Hall–Kier alpha value is -1.28. The van der Waals surface area contributed by atoms with Crippen LogP contribution in [-0.2, 0) is 38.7 Å². The van der Waals surface area contributed by atoms with Gasteiger partial charge in [-0.05, 0) is 6.92 Å². The third-order valence-electron chi connectivity index (χ3n) is 4.54. The second kappa shape index (κ2) is 6.65. The fraction of sp³-hybridized carbons (Fsp3) is 0.857. The van der Waals surface area contributed by atoms with Crippen LogP contribution in [0.25, 0.3) is 0 Å². The molecule has 0 N–H and O–H groups in total. The molecule has 154 valence electrons. The number of sulfone groups is 2. The molecule has 0 aliphatic carbocycles. The van der Waals surface area contributed by atoms with E-state index >= 15 is 0 Å². The molecular formula is C14H22N2O9S2. The van der Waals surface area contributed by atoms with Gasteiger partial charge in [-0.1, -0.05) is 0 Å². The molecule has 13 heteroatoms. The average molecular weight is 426 g/mol. The molecule has 0 radical (unpaired) electrons. The summed E-state index contributed by atoms with van der Waals surface area (Å²) in [6.07, 6.45) is 0.0928. The first-order chi connectivity index (χ1) is 12.4. The molecule has 3 saturated heterocycles. The summed E-state index contributed by atoms with van der Waals surface area (Å²) in [4.78, 5) is 27.1. The van der Waals surface area contributed by atoms with Crippen molar-refractivity contribution in [2.45, 2.75) is 29.4 Å². The van der Waals surface area contributed by atoms with Gasteiger partial charge in [0.25, 0.3) is 5.91 Å². The maximum atomic E-state index is 13.0. The Bertz CT molecular complexity index is 814. The van der Waals surface area contributed by atoms with Crippen LogP contribution in [0.1, 0.15) is 6.92 Å². The quantitative estimate of drug-likeness (QED) is 0.308. The third-order valence-corrected chi connectivity index (χ3v) is 9.15. The van der Waals surface area contributed by atoms with E-state index < -0.39 is 48.0 Å². The van der Waals surface area contributed by atoms with E-state index in [2.05, 4.69) is 0 Å². The molecule has 3 fully saturated rings. The van der Waals surface area contributed by atoms with Crippen LogP contribution < -0.4 is 0 Å². The van der Waals surface area contributed by atoms with Crippen LogP contribution in [0.2, 0.25) is 0 Å². The topological polar surface area (TPSA) is 143 Å². The highest BCUT2D eigenvalue weighted by atomic mass is 32.3. The maximum Gasteiger partial charge on any atom is 0.329 e. The lowest BCUT2D eigenvalue weighted by molar-refractivity contribution is -0.128. The summed E-state index contributed by atoms with van der Waals surface area (Å²) < 4.78 is 62.6. The van der Waals surface area contributed by atoms with Crippen molar-refractivity contribution in [3.63, 3.8) is 0 Å². The highest BCUT2D eigenvalue weighted by Crippen LogP contribution is 2.38. The highest BCUT2D eigenvalue weighted by Gasteiger charge is 2.71. The van der Waals surface area contributed by atoms with Crippen molar-refractivity contribution in [3.8, 4) is 0 Å². The van der Waals surface area contributed by atoms with Crippen molar-refractivity contribution in [3.05, 3.63) is 0 Å². The fourth-order valence-electron chi connectivity index (χ4n) is 3.12. The molecule has 0 aromatic heterocycles. The number of hydrogen-bond donors (Lipinski definition) is 0. The molecule has 0 spiro atoms. The number of nitrogens with zero attached hydrogens (tertiary/aromatic N) is 2. The minimum atomic E-state index is -4.55. The number of epoxide rings is 2. The van der Waals surface area contributed by atoms with Crippen LogP contribution in [0.15, 0.2) is 0 Å². The van der Waals surface area contributed by atoms with E-state index in [-0.39, 0.29) is 32.4 Å². The molecule has 3 atom stereocenters. The van der Waals surface area contributed by atoms with E-state index in [9.17, 15) is 26.4 Å². The van der Waals surface area contributed by atoms with Gasteiger partial charge in [-0.2, -0.15) is 0 Å². The minimum absolute atomic E-state index is 0.0351. The molecule has 3 aliphatic heterocycles. The van der Waals surface area contributed by atoms with E-state index in [1.807, 2.05) is 0 Å². The average Bonchev–Trinajstić information content (AvgIpc) is 3.40. The number of imide groups is 1. The zero-order valence-corrected chi connectivity index (χ0v) is 16.8. The Morgan fingerprint density at radius 2 is 1.63 bits per heavy atom. The second-order valence-corrected chi connectivity index (χ2v) is 11.5. The summed E-state index contributed by atoms with van der Waals surface area (Å²) in [6.45, 7) is 2.08. The Morgan fingerprint density at radius 3 is 2.07 bits per heavy atom. The van der Waals surface area contributed by atoms with Gasteiger partial charge >= 0.3 is 10.2 Å². The first-order valence-electron chi connectivity index (χ1n) is 8.27. The zero-order valence-electron chi connectivity index (χ0n) is 15.2. The van der Waals surface area contributed by atoms with Crippen LogP contribution in [-0.4, -0.2) is 107 Å². The summed E-state index contributed by atoms with van der Waals surface area (Å²) in [6, 6.07) is -0.996. The van der Waals surface area contributed by atoms with E-state index in [0.29, 0.717) is 28.9 Å². The molecule has 11 nitrogen and oxygen atoms in total. The molecule has 0 bridgehead atoms. The number of urea groups is 1. The summed E-state index contributed by atoms with van der Waals surface area (Å²) in [5.41, 5.74) is 0. The Labute approximate surface area is 157 Å². The van der Waals surface area contributed by atoms with Crippen LogP contribution in [0, 0.1) is 0 Å². The SMILES string of the molecule is CC(CN1C(=O)N(CC2CO2)C(S(C)(=O)=O)(S(C)(=O)=O)C1=O)OCC1CO1. The number of hydrogen-bond acceptors (Lipinski definition) is 9. The molecule has 0 saturated carbocycles. The molecular weight excluding hydrogens is 404 g/mol. The molecule has 0 aromatic carbocycles. The van der Waals surface area contributed by atoms with Gasteiger partial charge in [-0.15, -0.1) is 0 Å². The molecule has 3 aliphatic rings. The standard InChI is InChI=1S/C14H22N2O9S2/c1-9(23-7-11-8-25-11)4-15-12(17)14(26(2,19)20,27(3,21)22)16(13(15)18)5-10-6-24-10/h9-11H,4-8H2,1-3H3. The number of ether oxygens (including phenoxy) is 3. The van der Waals surface area contributed by atoms with Gasteiger partial charge in [0.1, 0.15) is 6.10 Å². The lowest BCUT2D eigenvalue weighted by Gasteiger charge is -2.31. The smallest absolute Gasteiger partial charge is 0.329 e. The predicted molar refractivity (Wildman–Crippen MR) is 91.1 cm³/mol. The van der Waals surface area contributed by atoms with Gasteiger partial charge < -0.3 is 14.2 Å². The summed E-state index contributed by atoms with van der Waals surface area (Å²) >= 11 is 0. The van der Waals surface area contributed by atoms with Crippen molar-refractivity contribution in [2.24, 2.45) is 0 Å². The van der Waals surface area contributed by atoms with Crippen LogP contribution >= 0.6 is 0 Å². The van der Waals surface area contributed by atoms with Crippen LogP contribution in [0.3, 0.4) is 0 Å². The fourth-order valence-corrected chi connectivity index (χ4v) is 7.28. The number of rotatable bonds is 9. The van der Waals surface area contributed by atoms with Gasteiger partial charge in [-0.25, -0.2) is 21.6 Å². The zero-order chi connectivity index (χ0) is 20.2. The number of carbonyl (C=O) groups is 2. The van der Waals surface area contributed by atoms with Crippen molar-refractivity contribution < 1.29 is 40.6 Å². The summed E-state index contributed by atoms with van der Waals surface area (Å²) in [7, 11) is -9.09. The molecule has 3 heterocycles. The summed E-state index contributed by atoms with van der Waals surface area (Å²) in [5, 5.41) is 0. The molecule has 3 amide bonds. The highest BCUT2D eigenvalue weighted by molar-refractivity contribution is 8.10. The molecule has 0 aromatic rings. The predicted octanol–water partition coefficient (Wildman–Crippen LogP) is -1.80. The molecule has 3 unspecified atom stereocenters. The summed E-state index contributed by atoms with van der Waals surface area (Å²) in [5.74, 6) is -1.31. The molecule has 3 rings (SSSR count). The Morgan fingerprint density at radius 1 is 1.11 bits per heavy atom. The van der Waals surface area contributed by atoms with Gasteiger partial charge in [0.05, 0.1) is 45.1 Å². The molecule has 27 heavy (non-hydrogen) atoms. The second-order valence-electron chi connectivity index (χ2n) is 6.99. The lowest BCUT2D eigenvalue weighted by atomic mass is 10.3. The maximum absolute atomic E-state index is 13.0. The van der Waals surface area contributed by atoms with Gasteiger partial charge in [0.2, 0.25) is 0 Å². The monoisotopic (exact) mass is 426 g/mol. The van der Waals surface area contributed by atoms with Crippen LogP contribution in [0.4, 0.5) is 4.79 Å². The van der Waals surface area contributed by atoms with E-state index in [0.717, 1.165) is 0 Å². The Balaban J connectivity index is 1.94. The van der Waals surface area contributed by atoms with Crippen molar-refractivity contribution >= 4 is 31.6 Å². The Kier molecular flexibility index (Phi) is 5.04. The van der Waals surface area contributed by atoms with Gasteiger partial charge in [0.15, 0.2) is 19.7 Å². The van der Waals surface area contributed by atoms with Crippen LogP contribution in [0.5, 0.6) is 0 Å². The number of amides is 3. The van der Waals surface area contributed by atoms with Gasteiger partial charge in [-0.3, -0.25) is 14.6 Å². The number of carbonyl (C=O) groups excluding carboxylic acids is 2. The van der Waals surface area contributed by atoms with Gasteiger partial charge in [0, 0.05) is 12.5 Å². The first kappa shape index (κ1) is 20.5. The minimum Gasteiger partial charge on any atom is -0.374 e. The van der Waals surface area contributed by atoms with E-state index in [1.165, 1.54) is 0 Å². The van der Waals surface area contributed by atoms with E-state index in [1.54, 1.807) is 6.92 Å². The van der Waals surface area contributed by atoms with Crippen molar-refractivity contribution in [1.29, 1.82) is 0 Å². The van der Waals surface area contributed by atoms with Crippen molar-refractivity contribution in [2.75, 3.05) is 45.4 Å². The normalized spacial score (nSPS) is 28.6. The van der Waals surface area contributed by atoms with E-state index in [4.69, 9.17) is 14.2 Å². The first-order valence-corrected chi connectivity index (χ1v) is 12.1. The lowest BCUT2D eigenvalue weighted by Crippen LogP contribution is -2.61. The van der Waals surface area contributed by atoms with Crippen molar-refractivity contribution in [1.82, 2.24) is 9.80 Å². The third kappa shape index (κ3) is 3.58.